The monoisotopic (exact) mass is 198 g/mol. The Bertz CT molecular complexity index is 260. The second-order valence-electron chi connectivity index (χ2n) is 3.05. The van der Waals surface area contributed by atoms with Gasteiger partial charge in [-0.15, -0.1) is 11.6 Å². The topological polar surface area (TPSA) is 20.2 Å². The van der Waals surface area contributed by atoms with E-state index in [0.29, 0.717) is 12.3 Å². The highest BCUT2D eigenvalue weighted by Crippen LogP contribution is 2.21. The number of rotatable bonds is 4. The number of aliphatic hydroxyl groups is 1. The largest absolute Gasteiger partial charge is 0.388 e. The molecule has 0 aliphatic carbocycles. The molecule has 1 atom stereocenters. The summed E-state index contributed by atoms with van der Waals surface area (Å²) in [6, 6.07) is 7.96. The van der Waals surface area contributed by atoms with Crippen molar-refractivity contribution in [2.45, 2.75) is 25.9 Å². The number of hydrogen-bond acceptors (Lipinski definition) is 1. The molecule has 1 rings (SSSR count). The van der Waals surface area contributed by atoms with Crippen molar-refractivity contribution >= 4 is 11.6 Å². The third-order valence-electron chi connectivity index (χ3n) is 2.18. The average molecular weight is 199 g/mol. The van der Waals surface area contributed by atoms with Gasteiger partial charge in [0.05, 0.1) is 6.10 Å². The maximum absolute atomic E-state index is 9.75. The van der Waals surface area contributed by atoms with E-state index in [0.717, 1.165) is 12.0 Å². The highest BCUT2D eigenvalue weighted by Gasteiger charge is 2.09. The molecule has 1 nitrogen and oxygen atoms in total. The van der Waals surface area contributed by atoms with Crippen molar-refractivity contribution in [2.24, 2.45) is 0 Å². The van der Waals surface area contributed by atoms with E-state index in [4.69, 9.17) is 11.6 Å². The van der Waals surface area contributed by atoms with Gasteiger partial charge in [0.15, 0.2) is 0 Å². The van der Waals surface area contributed by atoms with E-state index < -0.39 is 6.10 Å². The van der Waals surface area contributed by atoms with Crippen LogP contribution in [0, 0.1) is 0 Å². The number of halogens is 1. The molecule has 0 amide bonds. The molecule has 72 valence electrons. The van der Waals surface area contributed by atoms with Gasteiger partial charge in [0.2, 0.25) is 0 Å². The van der Waals surface area contributed by atoms with Crippen LogP contribution in [-0.4, -0.2) is 11.0 Å². The van der Waals surface area contributed by atoms with Crippen molar-refractivity contribution in [3.8, 4) is 0 Å². The Balaban J connectivity index is 2.85. The molecule has 0 spiro atoms. The normalized spacial score (nSPS) is 12.8. The molecular formula is C11H15ClO. The van der Waals surface area contributed by atoms with Crippen LogP contribution in [0.15, 0.2) is 24.3 Å². The summed E-state index contributed by atoms with van der Waals surface area (Å²) >= 11 is 5.58. The molecular weight excluding hydrogens is 184 g/mol. The third-order valence-corrected chi connectivity index (χ3v) is 2.40. The highest BCUT2D eigenvalue weighted by molar-refractivity contribution is 6.17. The molecule has 0 unspecified atom stereocenters. The lowest BCUT2D eigenvalue weighted by Crippen LogP contribution is -2.01. The van der Waals surface area contributed by atoms with Crippen molar-refractivity contribution in [3.05, 3.63) is 35.4 Å². The smallest absolute Gasteiger partial charge is 0.0804 e. The zero-order chi connectivity index (χ0) is 9.68. The fraction of sp³-hybridized carbons (Fsp3) is 0.455. The molecule has 2 heteroatoms. The minimum Gasteiger partial charge on any atom is -0.388 e. The summed E-state index contributed by atoms with van der Waals surface area (Å²) in [6.45, 7) is 2.09. The summed E-state index contributed by atoms with van der Waals surface area (Å²) in [5, 5.41) is 9.75. The lowest BCUT2D eigenvalue weighted by molar-refractivity contribution is 0.173. The van der Waals surface area contributed by atoms with Gasteiger partial charge in [0.1, 0.15) is 0 Å². The predicted molar refractivity (Wildman–Crippen MR) is 56.1 cm³/mol. The summed E-state index contributed by atoms with van der Waals surface area (Å²) in [4.78, 5) is 0. The average Bonchev–Trinajstić information content (AvgIpc) is 2.18. The fourth-order valence-corrected chi connectivity index (χ4v) is 1.65. The summed E-state index contributed by atoms with van der Waals surface area (Å²) in [7, 11) is 0. The third kappa shape index (κ3) is 2.71. The van der Waals surface area contributed by atoms with E-state index in [1.807, 2.05) is 24.3 Å². The molecule has 1 N–H and O–H groups in total. The van der Waals surface area contributed by atoms with Gasteiger partial charge in [-0.1, -0.05) is 31.2 Å². The SMILES string of the molecule is CCc1ccccc1[C@@H](O)CCCl. The maximum atomic E-state index is 9.75. The Morgan fingerprint density at radius 2 is 2.08 bits per heavy atom. The molecule has 0 bridgehead atoms. The molecule has 0 radical (unpaired) electrons. The molecule has 0 saturated heterocycles. The van der Waals surface area contributed by atoms with Crippen molar-refractivity contribution in [3.63, 3.8) is 0 Å². The number of aliphatic hydroxyl groups excluding tert-OH is 1. The predicted octanol–water partition coefficient (Wildman–Crippen LogP) is 2.91. The Labute approximate surface area is 84.4 Å². The summed E-state index contributed by atoms with van der Waals surface area (Å²) in [5.41, 5.74) is 2.23. The van der Waals surface area contributed by atoms with E-state index >= 15 is 0 Å². The minimum absolute atomic E-state index is 0.409. The zero-order valence-corrected chi connectivity index (χ0v) is 8.59. The highest BCUT2D eigenvalue weighted by atomic mass is 35.5. The lowest BCUT2D eigenvalue weighted by Gasteiger charge is -2.13. The minimum atomic E-state index is -0.409. The first-order chi connectivity index (χ1) is 6.29. The van der Waals surface area contributed by atoms with Crippen molar-refractivity contribution < 1.29 is 5.11 Å². The molecule has 0 fully saturated rings. The van der Waals surface area contributed by atoms with Gasteiger partial charge in [-0.3, -0.25) is 0 Å². The lowest BCUT2D eigenvalue weighted by atomic mass is 9.99. The van der Waals surface area contributed by atoms with Gasteiger partial charge < -0.3 is 5.11 Å². The second kappa shape index (κ2) is 5.25. The van der Waals surface area contributed by atoms with Crippen molar-refractivity contribution in [1.82, 2.24) is 0 Å². The molecule has 0 aromatic heterocycles. The van der Waals surface area contributed by atoms with Crippen LogP contribution < -0.4 is 0 Å². The van der Waals surface area contributed by atoms with Gasteiger partial charge in [0, 0.05) is 5.88 Å². The van der Waals surface area contributed by atoms with E-state index in [9.17, 15) is 5.11 Å². The molecule has 1 aromatic carbocycles. The van der Waals surface area contributed by atoms with Crippen LogP contribution in [-0.2, 0) is 6.42 Å². The van der Waals surface area contributed by atoms with Gasteiger partial charge in [0.25, 0.3) is 0 Å². The zero-order valence-electron chi connectivity index (χ0n) is 7.83. The van der Waals surface area contributed by atoms with E-state index in [1.165, 1.54) is 5.56 Å². The molecule has 0 aliphatic rings. The molecule has 13 heavy (non-hydrogen) atoms. The first-order valence-electron chi connectivity index (χ1n) is 4.61. The van der Waals surface area contributed by atoms with E-state index in [2.05, 4.69) is 6.92 Å². The number of aryl methyl sites for hydroxylation is 1. The van der Waals surface area contributed by atoms with Crippen LogP contribution in [0.3, 0.4) is 0 Å². The van der Waals surface area contributed by atoms with Gasteiger partial charge in [-0.2, -0.15) is 0 Å². The van der Waals surface area contributed by atoms with Crippen LogP contribution in [0.1, 0.15) is 30.6 Å². The van der Waals surface area contributed by atoms with Gasteiger partial charge >= 0.3 is 0 Å². The van der Waals surface area contributed by atoms with Crippen LogP contribution in [0.2, 0.25) is 0 Å². The van der Waals surface area contributed by atoms with Crippen molar-refractivity contribution in [1.29, 1.82) is 0 Å². The van der Waals surface area contributed by atoms with Gasteiger partial charge in [-0.25, -0.2) is 0 Å². The Morgan fingerprint density at radius 3 is 2.69 bits per heavy atom. The molecule has 0 heterocycles. The van der Waals surface area contributed by atoms with Gasteiger partial charge in [-0.05, 0) is 24.0 Å². The molecule has 1 aromatic rings. The quantitative estimate of drug-likeness (QED) is 0.738. The first kappa shape index (κ1) is 10.6. The van der Waals surface area contributed by atoms with Crippen LogP contribution >= 0.6 is 11.6 Å². The number of benzene rings is 1. The summed E-state index contributed by atoms with van der Waals surface area (Å²) < 4.78 is 0. The Hall–Kier alpha value is -0.530. The van der Waals surface area contributed by atoms with Crippen LogP contribution in [0.4, 0.5) is 0 Å². The Morgan fingerprint density at radius 1 is 1.38 bits per heavy atom. The standard InChI is InChI=1S/C11H15ClO/c1-2-9-5-3-4-6-10(9)11(13)7-8-12/h3-6,11,13H,2,7-8H2,1H3/t11-/m0/s1. The summed E-state index contributed by atoms with van der Waals surface area (Å²) in [5.74, 6) is 0.499. The fourth-order valence-electron chi connectivity index (χ4n) is 1.44. The van der Waals surface area contributed by atoms with Crippen LogP contribution in [0.5, 0.6) is 0 Å². The first-order valence-corrected chi connectivity index (χ1v) is 5.14. The van der Waals surface area contributed by atoms with E-state index in [-0.39, 0.29) is 0 Å². The maximum Gasteiger partial charge on any atom is 0.0804 e. The van der Waals surface area contributed by atoms with Crippen molar-refractivity contribution in [2.75, 3.05) is 5.88 Å². The number of hydrogen-bond donors (Lipinski definition) is 1. The number of alkyl halides is 1. The van der Waals surface area contributed by atoms with Crippen LogP contribution in [0.25, 0.3) is 0 Å². The molecule has 0 saturated carbocycles. The second-order valence-corrected chi connectivity index (χ2v) is 3.42. The van der Waals surface area contributed by atoms with E-state index in [1.54, 1.807) is 0 Å². The molecule has 0 aliphatic heterocycles. The Kier molecular flexibility index (Phi) is 4.26. The summed E-state index contributed by atoms with van der Waals surface area (Å²) in [6.07, 6.45) is 1.17.